The first kappa shape index (κ1) is 20.3. The molecule has 7 nitrogen and oxygen atoms in total. The molecule has 1 atom stereocenters. The normalized spacial score (nSPS) is 17.8. The molecule has 7 heteroatoms. The summed E-state index contributed by atoms with van der Waals surface area (Å²) in [7, 11) is 2.98. The van der Waals surface area contributed by atoms with E-state index in [2.05, 4.69) is 0 Å². The molecule has 1 fully saturated rings. The maximum atomic E-state index is 13.1. The van der Waals surface area contributed by atoms with E-state index in [1.165, 1.54) is 25.4 Å². The molecule has 158 valence electrons. The monoisotopic (exact) mass is 419 g/mol. The van der Waals surface area contributed by atoms with Crippen LogP contribution in [-0.2, 0) is 9.59 Å². The van der Waals surface area contributed by atoms with Crippen molar-refractivity contribution in [2.24, 2.45) is 0 Å². The van der Waals surface area contributed by atoms with Crippen molar-refractivity contribution in [3.05, 3.63) is 83.3 Å². The van der Waals surface area contributed by atoms with Gasteiger partial charge in [-0.1, -0.05) is 18.2 Å². The zero-order chi connectivity index (χ0) is 22.1. The van der Waals surface area contributed by atoms with Gasteiger partial charge in [-0.3, -0.25) is 14.5 Å². The summed E-state index contributed by atoms with van der Waals surface area (Å²) in [6.07, 6.45) is 1.46. The number of hydrogen-bond acceptors (Lipinski definition) is 6. The van der Waals surface area contributed by atoms with Gasteiger partial charge < -0.3 is 19.0 Å². The molecule has 1 aliphatic heterocycles. The van der Waals surface area contributed by atoms with Crippen LogP contribution in [0.5, 0.6) is 11.5 Å². The summed E-state index contributed by atoms with van der Waals surface area (Å²) in [5.74, 6) is -0.632. The van der Waals surface area contributed by atoms with E-state index in [0.29, 0.717) is 28.5 Å². The molecule has 0 radical (unpaired) electrons. The predicted molar refractivity (Wildman–Crippen MR) is 114 cm³/mol. The Morgan fingerprint density at radius 1 is 1.00 bits per heavy atom. The van der Waals surface area contributed by atoms with Crippen molar-refractivity contribution in [3.63, 3.8) is 0 Å². The number of benzene rings is 2. The molecule has 31 heavy (non-hydrogen) atoms. The van der Waals surface area contributed by atoms with Crippen LogP contribution in [-0.4, -0.2) is 31.0 Å². The summed E-state index contributed by atoms with van der Waals surface area (Å²) >= 11 is 0. The first-order chi connectivity index (χ1) is 15.0. The summed E-state index contributed by atoms with van der Waals surface area (Å²) in [5.41, 5.74) is 1.64. The summed E-state index contributed by atoms with van der Waals surface area (Å²) in [4.78, 5) is 27.5. The first-order valence-corrected chi connectivity index (χ1v) is 9.60. The van der Waals surface area contributed by atoms with E-state index >= 15 is 0 Å². The van der Waals surface area contributed by atoms with Gasteiger partial charge >= 0.3 is 0 Å². The number of ketones is 1. The number of aliphatic hydroxyl groups is 1. The SMILES string of the molecule is COc1ccc(/C(O)=C2/C(=O)C(=O)N(c3ccccc3C)C2c2ccco2)cc1OC. The molecule has 0 aliphatic carbocycles. The third-order valence-corrected chi connectivity index (χ3v) is 5.29. The number of Topliss-reactive ketones (excluding diaryl/α,β-unsaturated/α-hetero) is 1. The number of carbonyl (C=O) groups is 2. The Labute approximate surface area is 179 Å². The number of rotatable bonds is 5. The van der Waals surface area contributed by atoms with Crippen LogP contribution in [0.1, 0.15) is 22.9 Å². The van der Waals surface area contributed by atoms with Crippen LogP contribution in [0.4, 0.5) is 5.69 Å². The molecule has 0 bridgehead atoms. The lowest BCUT2D eigenvalue weighted by molar-refractivity contribution is -0.132. The number of amides is 1. The highest BCUT2D eigenvalue weighted by Crippen LogP contribution is 2.43. The van der Waals surface area contributed by atoms with E-state index in [1.807, 2.05) is 19.1 Å². The molecule has 0 spiro atoms. The Morgan fingerprint density at radius 3 is 2.39 bits per heavy atom. The van der Waals surface area contributed by atoms with Crippen molar-refractivity contribution in [3.8, 4) is 11.5 Å². The molecular formula is C24H21NO6. The van der Waals surface area contributed by atoms with Crippen molar-refractivity contribution in [1.29, 1.82) is 0 Å². The molecule has 1 unspecified atom stereocenters. The Morgan fingerprint density at radius 2 is 1.74 bits per heavy atom. The van der Waals surface area contributed by atoms with E-state index in [0.717, 1.165) is 5.56 Å². The molecule has 0 saturated carbocycles. The molecule has 1 amide bonds. The molecule has 1 saturated heterocycles. The van der Waals surface area contributed by atoms with Gasteiger partial charge in [0.1, 0.15) is 17.6 Å². The third-order valence-electron chi connectivity index (χ3n) is 5.29. The smallest absolute Gasteiger partial charge is 0.300 e. The van der Waals surface area contributed by atoms with Gasteiger partial charge in [0.05, 0.1) is 26.1 Å². The van der Waals surface area contributed by atoms with Crippen LogP contribution >= 0.6 is 0 Å². The molecular weight excluding hydrogens is 398 g/mol. The average molecular weight is 419 g/mol. The number of anilines is 1. The van der Waals surface area contributed by atoms with Gasteiger partial charge in [-0.25, -0.2) is 0 Å². The minimum Gasteiger partial charge on any atom is -0.507 e. The topological polar surface area (TPSA) is 89.2 Å². The van der Waals surface area contributed by atoms with Crippen molar-refractivity contribution in [1.82, 2.24) is 0 Å². The maximum absolute atomic E-state index is 13.1. The molecule has 1 aliphatic rings. The summed E-state index contributed by atoms with van der Waals surface area (Å²) < 4.78 is 16.1. The largest absolute Gasteiger partial charge is 0.507 e. The lowest BCUT2D eigenvalue weighted by Gasteiger charge is -2.24. The highest BCUT2D eigenvalue weighted by Gasteiger charge is 2.48. The Balaban J connectivity index is 1.93. The number of methoxy groups -OCH3 is 2. The highest BCUT2D eigenvalue weighted by atomic mass is 16.5. The molecule has 2 heterocycles. The fourth-order valence-corrected chi connectivity index (χ4v) is 3.77. The van der Waals surface area contributed by atoms with Crippen LogP contribution in [0.25, 0.3) is 5.76 Å². The minimum absolute atomic E-state index is 0.0598. The van der Waals surface area contributed by atoms with Crippen LogP contribution in [0, 0.1) is 6.92 Å². The summed E-state index contributed by atoms with van der Waals surface area (Å²) in [6.45, 7) is 1.85. The molecule has 4 rings (SSSR count). The van der Waals surface area contributed by atoms with Gasteiger partial charge in [0.2, 0.25) is 0 Å². The van der Waals surface area contributed by atoms with E-state index in [4.69, 9.17) is 13.9 Å². The maximum Gasteiger partial charge on any atom is 0.300 e. The standard InChI is InChI=1S/C24H21NO6/c1-14-7-4-5-8-16(14)25-21(18-9-6-12-31-18)20(23(27)24(25)28)22(26)15-10-11-17(29-2)19(13-15)30-3/h4-13,21,26H,1-3H3/b22-20-. The number of aryl methyl sites for hydroxylation is 1. The molecule has 3 aromatic rings. The van der Waals surface area contributed by atoms with E-state index in [1.54, 1.807) is 42.5 Å². The van der Waals surface area contributed by atoms with Gasteiger partial charge in [0.15, 0.2) is 11.5 Å². The minimum atomic E-state index is -0.913. The number of carbonyl (C=O) groups excluding carboxylic acids is 2. The van der Waals surface area contributed by atoms with Crippen molar-refractivity contribution >= 4 is 23.1 Å². The van der Waals surface area contributed by atoms with Gasteiger partial charge in [-0.2, -0.15) is 0 Å². The molecule has 1 N–H and O–H groups in total. The fraction of sp³-hybridized carbons (Fsp3) is 0.167. The lowest BCUT2D eigenvalue weighted by atomic mass is 9.98. The Hall–Kier alpha value is -4.00. The van der Waals surface area contributed by atoms with Crippen LogP contribution in [0.3, 0.4) is 0 Å². The van der Waals surface area contributed by atoms with Crippen LogP contribution in [0.2, 0.25) is 0 Å². The second kappa shape index (κ2) is 8.02. The number of hydrogen-bond donors (Lipinski definition) is 1. The zero-order valence-corrected chi connectivity index (χ0v) is 17.3. The summed E-state index contributed by atoms with van der Waals surface area (Å²) in [5, 5.41) is 11.1. The van der Waals surface area contributed by atoms with Gasteiger partial charge in [0.25, 0.3) is 11.7 Å². The fourth-order valence-electron chi connectivity index (χ4n) is 3.77. The van der Waals surface area contributed by atoms with Gasteiger partial charge in [-0.05, 0) is 48.9 Å². The number of aliphatic hydroxyl groups excluding tert-OH is 1. The van der Waals surface area contributed by atoms with Crippen molar-refractivity contribution < 1.29 is 28.6 Å². The number of furan rings is 1. The second-order valence-corrected chi connectivity index (χ2v) is 7.04. The zero-order valence-electron chi connectivity index (χ0n) is 17.3. The van der Waals surface area contributed by atoms with E-state index in [9.17, 15) is 14.7 Å². The third kappa shape index (κ3) is 3.34. The molecule has 1 aromatic heterocycles. The quantitative estimate of drug-likeness (QED) is 0.378. The predicted octanol–water partition coefficient (Wildman–Crippen LogP) is 4.23. The first-order valence-electron chi connectivity index (χ1n) is 9.60. The summed E-state index contributed by atoms with van der Waals surface area (Å²) in [6, 6.07) is 14.4. The van der Waals surface area contributed by atoms with Gasteiger partial charge in [0, 0.05) is 11.3 Å². The van der Waals surface area contributed by atoms with Crippen molar-refractivity contribution in [2.45, 2.75) is 13.0 Å². The number of nitrogens with zero attached hydrogens (tertiary/aromatic N) is 1. The second-order valence-electron chi connectivity index (χ2n) is 7.04. The number of para-hydroxylation sites is 1. The Bertz CT molecular complexity index is 1180. The molecule has 2 aromatic carbocycles. The van der Waals surface area contributed by atoms with Crippen LogP contribution in [0.15, 0.2) is 70.9 Å². The van der Waals surface area contributed by atoms with Crippen molar-refractivity contribution in [2.75, 3.05) is 19.1 Å². The van der Waals surface area contributed by atoms with Gasteiger partial charge in [-0.15, -0.1) is 0 Å². The van der Waals surface area contributed by atoms with E-state index < -0.39 is 17.7 Å². The lowest BCUT2D eigenvalue weighted by Crippen LogP contribution is -2.29. The highest BCUT2D eigenvalue weighted by molar-refractivity contribution is 6.51. The van der Waals surface area contributed by atoms with Crippen LogP contribution < -0.4 is 14.4 Å². The number of ether oxygens (including phenoxy) is 2. The Kier molecular flexibility index (Phi) is 5.25. The average Bonchev–Trinajstić information content (AvgIpc) is 3.40. The van der Waals surface area contributed by atoms with E-state index in [-0.39, 0.29) is 11.3 Å².